The van der Waals surface area contributed by atoms with Crippen LogP contribution in [0.4, 0.5) is 5.82 Å². The molecule has 174 valence electrons. The van der Waals surface area contributed by atoms with Gasteiger partial charge in [0.15, 0.2) is 6.23 Å². The molecule has 1 fully saturated rings. The maximum absolute atomic E-state index is 11.1. The number of aryl methyl sites for hydroxylation is 1. The zero-order valence-electron chi connectivity index (χ0n) is 17.8. The van der Waals surface area contributed by atoms with Gasteiger partial charge >= 0.3 is 7.82 Å². The van der Waals surface area contributed by atoms with E-state index in [4.69, 9.17) is 20.3 Å². The molecule has 4 atom stereocenters. The first-order chi connectivity index (χ1) is 15.5. The molecule has 1 aliphatic rings. The van der Waals surface area contributed by atoms with Gasteiger partial charge in [-0.15, -0.1) is 0 Å². The Labute approximate surface area is 189 Å². The zero-order chi connectivity index (χ0) is 24.0. The van der Waals surface area contributed by atoms with Crippen LogP contribution < -0.4 is 5.73 Å². The summed E-state index contributed by atoms with van der Waals surface area (Å²) in [6, 6.07) is 7.65. The number of nitrogens with zero attached hydrogens (tertiary/aromatic N) is 3. The lowest BCUT2D eigenvalue weighted by atomic mass is 9.96. The van der Waals surface area contributed by atoms with Crippen molar-refractivity contribution < 1.29 is 33.8 Å². The number of aliphatic hydroxyl groups excluding tert-OH is 1. The fraction of sp³-hybridized carbons (Fsp3) is 0.333. The molecule has 1 saturated heterocycles. The highest BCUT2D eigenvalue weighted by atomic mass is 31.2. The highest BCUT2D eigenvalue weighted by Gasteiger charge is 2.54. The van der Waals surface area contributed by atoms with Crippen LogP contribution in [0.1, 0.15) is 29.8 Å². The summed E-state index contributed by atoms with van der Waals surface area (Å²) in [5, 5.41) is 22.0. The van der Waals surface area contributed by atoms with Gasteiger partial charge in [0.05, 0.1) is 17.6 Å². The Balaban J connectivity index is 1.75. The molecule has 0 radical (unpaired) electrons. The third-order valence-electron chi connectivity index (χ3n) is 5.45. The van der Waals surface area contributed by atoms with E-state index >= 15 is 0 Å². The number of ether oxygens (including phenoxy) is 1. The van der Waals surface area contributed by atoms with E-state index in [-0.39, 0.29) is 5.82 Å². The van der Waals surface area contributed by atoms with Crippen LogP contribution in [0.15, 0.2) is 36.8 Å². The first kappa shape index (κ1) is 23.4. The molecule has 3 unspecified atom stereocenters. The minimum atomic E-state index is -4.80. The summed E-state index contributed by atoms with van der Waals surface area (Å²) in [7, 11) is -4.80. The molecule has 0 saturated carbocycles. The molecule has 3 heterocycles. The second kappa shape index (κ2) is 8.52. The zero-order valence-corrected chi connectivity index (χ0v) is 18.7. The van der Waals surface area contributed by atoms with Crippen molar-refractivity contribution >= 4 is 24.7 Å². The third-order valence-corrected chi connectivity index (χ3v) is 5.93. The molecule has 1 aliphatic heterocycles. The van der Waals surface area contributed by atoms with Crippen molar-refractivity contribution in [1.29, 1.82) is 0 Å². The van der Waals surface area contributed by atoms with Gasteiger partial charge < -0.3 is 35.0 Å². The largest absolute Gasteiger partial charge is 0.469 e. The summed E-state index contributed by atoms with van der Waals surface area (Å²) in [4.78, 5) is 26.2. The predicted molar refractivity (Wildman–Crippen MR) is 118 cm³/mol. The number of anilines is 1. The monoisotopic (exact) mass is 474 g/mol. The average molecular weight is 474 g/mol. The predicted octanol–water partition coefficient (Wildman–Crippen LogP) is 0.840. The second-order valence-electron chi connectivity index (χ2n) is 8.01. The maximum Gasteiger partial charge on any atom is 0.469 e. The lowest BCUT2D eigenvalue weighted by molar-refractivity contribution is -0.0947. The van der Waals surface area contributed by atoms with Crippen LogP contribution in [0.3, 0.4) is 0 Å². The Kier molecular flexibility index (Phi) is 6.03. The Hall–Kier alpha value is -2.81. The van der Waals surface area contributed by atoms with Crippen molar-refractivity contribution in [1.82, 2.24) is 14.5 Å². The molecule has 2 aromatic heterocycles. The summed E-state index contributed by atoms with van der Waals surface area (Å²) in [6.45, 7) is 2.69. The van der Waals surface area contributed by atoms with E-state index in [0.717, 1.165) is 11.1 Å². The van der Waals surface area contributed by atoms with E-state index in [2.05, 4.69) is 26.3 Å². The van der Waals surface area contributed by atoms with E-state index in [1.165, 1.54) is 17.8 Å². The van der Waals surface area contributed by atoms with Gasteiger partial charge in [0.1, 0.15) is 35.6 Å². The Morgan fingerprint density at radius 3 is 2.64 bits per heavy atom. The number of rotatable bonds is 4. The molecule has 33 heavy (non-hydrogen) atoms. The molecule has 3 aromatic rings. The van der Waals surface area contributed by atoms with Crippen molar-refractivity contribution in [3.05, 3.63) is 53.5 Å². The summed E-state index contributed by atoms with van der Waals surface area (Å²) >= 11 is 0. The molecule has 4 rings (SSSR count). The van der Waals surface area contributed by atoms with Crippen LogP contribution in [0.25, 0.3) is 11.0 Å². The summed E-state index contributed by atoms with van der Waals surface area (Å²) in [5.41, 5.74) is 6.91. The van der Waals surface area contributed by atoms with E-state index < -0.39 is 38.5 Å². The Bertz CT molecular complexity index is 1290. The van der Waals surface area contributed by atoms with Gasteiger partial charge in [0, 0.05) is 11.8 Å². The van der Waals surface area contributed by atoms with Crippen LogP contribution in [0.5, 0.6) is 0 Å². The van der Waals surface area contributed by atoms with Crippen molar-refractivity contribution in [3.8, 4) is 11.8 Å². The number of fused-ring (bicyclic) bond motifs is 1. The molecule has 11 nitrogen and oxygen atoms in total. The molecule has 0 bridgehead atoms. The number of benzene rings is 1. The van der Waals surface area contributed by atoms with E-state index in [1.54, 1.807) is 6.20 Å². The van der Waals surface area contributed by atoms with Gasteiger partial charge in [-0.05, 0) is 26.0 Å². The van der Waals surface area contributed by atoms with Gasteiger partial charge in [-0.1, -0.05) is 29.5 Å². The minimum Gasteiger partial charge on any atom is -0.387 e. The first-order valence-corrected chi connectivity index (χ1v) is 11.5. The van der Waals surface area contributed by atoms with Crippen molar-refractivity contribution in [2.45, 2.75) is 37.9 Å². The highest BCUT2D eigenvalue weighted by Crippen LogP contribution is 2.43. The summed E-state index contributed by atoms with van der Waals surface area (Å²) in [6.07, 6.45) is -1.07. The standard InChI is InChI=1S/C21H23N4O7P/c1-12-3-5-13(6-4-12)7-8-14-9-25(19-16(14)18(22)23-11-24-19)20-21(2,27)17(26)15(32-20)10-31-33(28,29)30/h3-6,9,11,15,17,20,26-27H,10H2,1-2H3,(H2,22,23,24)(H2,28,29,30)/t15?,17?,20?,21-/m1/s1. The maximum atomic E-state index is 11.1. The van der Waals surface area contributed by atoms with Gasteiger partial charge in [0.2, 0.25) is 0 Å². The van der Waals surface area contributed by atoms with Gasteiger partial charge in [-0.25, -0.2) is 14.5 Å². The van der Waals surface area contributed by atoms with Crippen LogP contribution in [0.2, 0.25) is 0 Å². The fourth-order valence-corrected chi connectivity index (χ4v) is 4.05. The normalized spacial score (nSPS) is 25.2. The quantitative estimate of drug-likeness (QED) is 0.269. The molecule has 6 N–H and O–H groups in total. The number of nitrogens with two attached hydrogens (primary N) is 1. The third kappa shape index (κ3) is 4.64. The lowest BCUT2D eigenvalue weighted by Crippen LogP contribution is -2.44. The molecule has 0 amide bonds. The second-order valence-corrected chi connectivity index (χ2v) is 9.25. The van der Waals surface area contributed by atoms with Crippen molar-refractivity contribution in [3.63, 3.8) is 0 Å². The SMILES string of the molecule is Cc1ccc(C#Cc2cn(C3OC(COP(=O)(O)O)C(O)[C@@]3(C)O)c3ncnc(N)c23)cc1. The summed E-state index contributed by atoms with van der Waals surface area (Å²) < 4.78 is 22.7. The highest BCUT2D eigenvalue weighted by molar-refractivity contribution is 7.46. The van der Waals surface area contributed by atoms with E-state index in [0.29, 0.717) is 16.6 Å². The molecule has 1 aromatic carbocycles. The number of hydrogen-bond acceptors (Lipinski definition) is 8. The van der Waals surface area contributed by atoms with Crippen LogP contribution >= 0.6 is 7.82 Å². The van der Waals surface area contributed by atoms with Crippen LogP contribution in [-0.2, 0) is 13.8 Å². The number of aromatic nitrogens is 3. The first-order valence-electron chi connectivity index (χ1n) is 9.93. The number of phosphoric ester groups is 1. The Morgan fingerprint density at radius 1 is 1.27 bits per heavy atom. The number of aliphatic hydroxyl groups is 2. The summed E-state index contributed by atoms with van der Waals surface area (Å²) in [5.74, 6) is 6.27. The van der Waals surface area contributed by atoms with E-state index in [1.807, 2.05) is 31.2 Å². The average Bonchev–Trinajstić information content (AvgIpc) is 3.21. The van der Waals surface area contributed by atoms with Crippen molar-refractivity contribution in [2.24, 2.45) is 0 Å². The molecule has 12 heteroatoms. The number of nitrogen functional groups attached to an aromatic ring is 1. The molecule has 0 spiro atoms. The van der Waals surface area contributed by atoms with Crippen molar-refractivity contribution in [2.75, 3.05) is 12.3 Å². The fourth-order valence-electron chi connectivity index (χ4n) is 3.71. The van der Waals surface area contributed by atoms with Crippen LogP contribution in [0, 0.1) is 18.8 Å². The molecular weight excluding hydrogens is 451 g/mol. The van der Waals surface area contributed by atoms with Crippen LogP contribution in [-0.4, -0.2) is 59.0 Å². The van der Waals surface area contributed by atoms with Gasteiger partial charge in [-0.2, -0.15) is 0 Å². The molecule has 0 aliphatic carbocycles. The number of phosphoric acid groups is 1. The molecular formula is C21H23N4O7P. The topological polar surface area (TPSA) is 173 Å². The van der Waals surface area contributed by atoms with Gasteiger partial charge in [0.25, 0.3) is 0 Å². The number of hydrogen-bond donors (Lipinski definition) is 5. The minimum absolute atomic E-state index is 0.173. The van der Waals surface area contributed by atoms with E-state index in [9.17, 15) is 14.8 Å². The lowest BCUT2D eigenvalue weighted by Gasteiger charge is -2.27. The smallest absolute Gasteiger partial charge is 0.387 e. The van der Waals surface area contributed by atoms with Gasteiger partial charge in [-0.3, -0.25) is 4.52 Å². The Morgan fingerprint density at radius 2 is 1.97 bits per heavy atom.